The normalized spacial score (nSPS) is 19.4. The minimum absolute atomic E-state index is 0.261. The van der Waals surface area contributed by atoms with Crippen molar-refractivity contribution in [2.24, 2.45) is 0 Å². The first-order valence-corrected chi connectivity index (χ1v) is 11.8. The molecule has 1 aromatic heterocycles. The summed E-state index contributed by atoms with van der Waals surface area (Å²) in [5.74, 6) is 0. The lowest BCUT2D eigenvalue weighted by molar-refractivity contribution is 0.667. The average Bonchev–Trinajstić information content (AvgIpc) is 2.93. The summed E-state index contributed by atoms with van der Waals surface area (Å²) in [5, 5.41) is 8.17. The molecule has 2 heterocycles. The fourth-order valence-electron chi connectivity index (χ4n) is 4.73. The van der Waals surface area contributed by atoms with Crippen LogP contribution in [0.1, 0.15) is 49.8 Å². The Hall–Kier alpha value is -2.36. The maximum atomic E-state index is 6.37. The zero-order valence-corrected chi connectivity index (χ0v) is 19.3. The van der Waals surface area contributed by atoms with E-state index in [1.165, 1.54) is 39.0 Å². The van der Waals surface area contributed by atoms with E-state index in [-0.39, 0.29) is 6.04 Å². The lowest BCUT2D eigenvalue weighted by Gasteiger charge is -2.29. The molecule has 0 amide bonds. The summed E-state index contributed by atoms with van der Waals surface area (Å²) in [7, 11) is 0. The van der Waals surface area contributed by atoms with E-state index >= 15 is 0 Å². The molecule has 0 saturated carbocycles. The number of rotatable bonds is 7. The molecule has 4 heteroatoms. The molecule has 0 radical (unpaired) electrons. The first kappa shape index (κ1) is 21.9. The third kappa shape index (κ3) is 5.28. The summed E-state index contributed by atoms with van der Waals surface area (Å²) in [5.41, 5.74) is 9.77. The number of aromatic nitrogens is 1. The maximum Gasteiger partial charge on any atom is 0.0731 e. The monoisotopic (exact) mass is 433 g/mol. The van der Waals surface area contributed by atoms with Crippen molar-refractivity contribution in [3.05, 3.63) is 93.4 Å². The molecule has 1 aliphatic carbocycles. The van der Waals surface area contributed by atoms with Crippen molar-refractivity contribution in [2.45, 2.75) is 52.0 Å². The zero-order valence-electron chi connectivity index (χ0n) is 18.5. The van der Waals surface area contributed by atoms with Crippen LogP contribution in [0, 0.1) is 0 Å². The summed E-state index contributed by atoms with van der Waals surface area (Å²) < 4.78 is 0. The summed E-state index contributed by atoms with van der Waals surface area (Å²) in [4.78, 5) is 4.20. The first-order valence-electron chi connectivity index (χ1n) is 11.4. The quantitative estimate of drug-likeness (QED) is 0.536. The highest BCUT2D eigenvalue weighted by atomic mass is 35.5. The van der Waals surface area contributed by atoms with Gasteiger partial charge in [0, 0.05) is 23.6 Å². The van der Waals surface area contributed by atoms with Gasteiger partial charge in [-0.25, -0.2) is 0 Å². The van der Waals surface area contributed by atoms with Gasteiger partial charge in [-0.3, -0.25) is 4.98 Å². The predicted octanol–water partition coefficient (Wildman–Crippen LogP) is 5.87. The van der Waals surface area contributed by atoms with Gasteiger partial charge in [0.05, 0.1) is 6.04 Å². The van der Waals surface area contributed by atoms with Crippen LogP contribution in [-0.2, 0) is 12.8 Å². The topological polar surface area (TPSA) is 37.0 Å². The Morgan fingerprint density at radius 2 is 2.13 bits per heavy atom. The van der Waals surface area contributed by atoms with Gasteiger partial charge in [0.2, 0.25) is 0 Å². The van der Waals surface area contributed by atoms with Gasteiger partial charge >= 0.3 is 0 Å². The van der Waals surface area contributed by atoms with Gasteiger partial charge in [-0.15, -0.1) is 0 Å². The molecule has 1 aromatic carbocycles. The molecule has 2 aromatic rings. The molecule has 0 saturated heterocycles. The Morgan fingerprint density at radius 1 is 1.23 bits per heavy atom. The minimum Gasteiger partial charge on any atom is -0.380 e. The van der Waals surface area contributed by atoms with Gasteiger partial charge in [-0.1, -0.05) is 42.3 Å². The fraction of sp³-hybridized carbons (Fsp3) is 0.370. The Balaban J connectivity index is 1.55. The van der Waals surface area contributed by atoms with E-state index in [0.717, 1.165) is 50.2 Å². The van der Waals surface area contributed by atoms with Crippen molar-refractivity contribution >= 4 is 17.2 Å². The van der Waals surface area contributed by atoms with Crippen LogP contribution in [0.2, 0.25) is 5.02 Å². The van der Waals surface area contributed by atoms with Crippen LogP contribution >= 0.6 is 11.6 Å². The highest BCUT2D eigenvalue weighted by Crippen LogP contribution is 2.39. The number of allylic oxidation sites excluding steroid dienone is 2. The molecule has 1 aliphatic heterocycles. The maximum absolute atomic E-state index is 6.37. The number of dihydropyridines is 1. The van der Waals surface area contributed by atoms with Crippen LogP contribution in [0.15, 0.2) is 71.7 Å². The number of hydrogen-bond donors (Lipinski definition) is 2. The number of benzene rings is 1. The fourth-order valence-corrected chi connectivity index (χ4v) is 4.93. The van der Waals surface area contributed by atoms with Crippen LogP contribution in [0.25, 0.3) is 5.57 Å². The molecule has 162 valence electrons. The standard InChI is InChI=1S/C27H32ClN3/c1-3-21(11-14-29-13-10-20-5-4-12-30-18-20)26-25-9-8-24(28)16-22(25)6-7-23-15-19(2)17-31-27(23)26/h4-5,8-9,12,15-18,27,29,31H,3,6-7,10-11,13-14H2,1-2H3/b26-21+. The van der Waals surface area contributed by atoms with Gasteiger partial charge in [-0.2, -0.15) is 0 Å². The number of fused-ring (bicyclic) bond motifs is 2. The second kappa shape index (κ2) is 10.3. The van der Waals surface area contributed by atoms with E-state index in [0.29, 0.717) is 0 Å². The first-order chi connectivity index (χ1) is 15.2. The molecular weight excluding hydrogens is 402 g/mol. The number of hydrogen-bond acceptors (Lipinski definition) is 3. The summed E-state index contributed by atoms with van der Waals surface area (Å²) in [6.07, 6.45) is 13.5. The van der Waals surface area contributed by atoms with E-state index in [1.54, 1.807) is 0 Å². The van der Waals surface area contributed by atoms with Gasteiger partial charge < -0.3 is 10.6 Å². The van der Waals surface area contributed by atoms with E-state index in [2.05, 4.69) is 59.9 Å². The lowest BCUT2D eigenvalue weighted by Crippen LogP contribution is -2.31. The highest BCUT2D eigenvalue weighted by Gasteiger charge is 2.28. The van der Waals surface area contributed by atoms with Gasteiger partial charge in [0.1, 0.15) is 0 Å². The van der Waals surface area contributed by atoms with Crippen LogP contribution in [-0.4, -0.2) is 24.1 Å². The van der Waals surface area contributed by atoms with E-state index in [9.17, 15) is 0 Å². The van der Waals surface area contributed by atoms with Crippen molar-refractivity contribution in [3.63, 3.8) is 0 Å². The average molecular weight is 434 g/mol. The summed E-state index contributed by atoms with van der Waals surface area (Å²) in [6, 6.07) is 10.8. The smallest absolute Gasteiger partial charge is 0.0731 e. The molecule has 2 aliphatic rings. The predicted molar refractivity (Wildman–Crippen MR) is 131 cm³/mol. The lowest BCUT2D eigenvalue weighted by atomic mass is 9.85. The largest absolute Gasteiger partial charge is 0.380 e. The molecule has 1 atom stereocenters. The number of nitrogens with one attached hydrogen (secondary N) is 2. The van der Waals surface area contributed by atoms with Gasteiger partial charge in [0.15, 0.2) is 0 Å². The molecule has 0 fully saturated rings. The number of aryl methyl sites for hydroxylation is 1. The Labute approximate surface area is 191 Å². The molecule has 0 spiro atoms. The number of pyridine rings is 1. The van der Waals surface area contributed by atoms with Crippen molar-refractivity contribution < 1.29 is 0 Å². The molecular formula is C27H32ClN3. The van der Waals surface area contributed by atoms with Crippen molar-refractivity contribution in [1.29, 1.82) is 0 Å². The molecule has 2 N–H and O–H groups in total. The van der Waals surface area contributed by atoms with Crippen molar-refractivity contribution in [2.75, 3.05) is 13.1 Å². The van der Waals surface area contributed by atoms with Crippen LogP contribution in [0.3, 0.4) is 0 Å². The molecule has 3 nitrogen and oxygen atoms in total. The Morgan fingerprint density at radius 3 is 2.94 bits per heavy atom. The van der Waals surface area contributed by atoms with E-state index in [4.69, 9.17) is 11.6 Å². The number of nitrogens with zero attached hydrogens (tertiary/aromatic N) is 1. The second-order valence-electron chi connectivity index (χ2n) is 8.49. The van der Waals surface area contributed by atoms with Gasteiger partial charge in [0.25, 0.3) is 0 Å². The van der Waals surface area contributed by atoms with Crippen LogP contribution in [0.4, 0.5) is 0 Å². The van der Waals surface area contributed by atoms with Crippen LogP contribution < -0.4 is 10.6 Å². The SMILES string of the molecule is CC/C(CCNCCc1cccnc1)=C1/c2ccc(Cl)cc2CCC2=CC(C)=CNC21. The summed E-state index contributed by atoms with van der Waals surface area (Å²) in [6.45, 7) is 6.41. The molecule has 0 bridgehead atoms. The third-order valence-corrected chi connectivity index (χ3v) is 6.55. The summed E-state index contributed by atoms with van der Waals surface area (Å²) >= 11 is 6.37. The van der Waals surface area contributed by atoms with E-state index < -0.39 is 0 Å². The second-order valence-corrected chi connectivity index (χ2v) is 8.93. The molecule has 31 heavy (non-hydrogen) atoms. The zero-order chi connectivity index (χ0) is 21.6. The molecule has 4 rings (SSSR count). The Kier molecular flexibility index (Phi) is 7.26. The highest BCUT2D eigenvalue weighted by molar-refractivity contribution is 6.30. The van der Waals surface area contributed by atoms with Crippen molar-refractivity contribution in [1.82, 2.24) is 15.6 Å². The van der Waals surface area contributed by atoms with Gasteiger partial charge in [-0.05, 0) is 104 Å². The van der Waals surface area contributed by atoms with Crippen LogP contribution in [0.5, 0.6) is 0 Å². The number of halogens is 1. The van der Waals surface area contributed by atoms with Crippen molar-refractivity contribution in [3.8, 4) is 0 Å². The third-order valence-electron chi connectivity index (χ3n) is 6.32. The van der Waals surface area contributed by atoms with E-state index in [1.807, 2.05) is 24.5 Å². The molecule has 1 unspecified atom stereocenters. The minimum atomic E-state index is 0.261. The Bertz CT molecular complexity index is 1000.